The van der Waals surface area contributed by atoms with E-state index in [-0.39, 0.29) is 24.4 Å². The van der Waals surface area contributed by atoms with Crippen molar-refractivity contribution in [1.29, 1.82) is 0 Å². The molecule has 1 fully saturated rings. The van der Waals surface area contributed by atoms with Crippen molar-refractivity contribution < 1.29 is 4.79 Å². The molecule has 0 atom stereocenters. The van der Waals surface area contributed by atoms with Crippen LogP contribution in [0.3, 0.4) is 0 Å². The maximum atomic E-state index is 12.4. The van der Waals surface area contributed by atoms with Gasteiger partial charge in [-0.25, -0.2) is 4.68 Å². The highest BCUT2D eigenvalue weighted by atomic mass is 35.5. The lowest BCUT2D eigenvalue weighted by atomic mass is 10.0. The van der Waals surface area contributed by atoms with Crippen LogP contribution in [0.5, 0.6) is 0 Å². The largest absolute Gasteiger partial charge is 0.339 e. The molecule has 5 nitrogen and oxygen atoms in total. The van der Waals surface area contributed by atoms with E-state index in [9.17, 15) is 4.79 Å². The molecule has 2 heterocycles. The van der Waals surface area contributed by atoms with Gasteiger partial charge >= 0.3 is 0 Å². The molecule has 2 aromatic rings. The Hall–Kier alpha value is -1.85. The van der Waals surface area contributed by atoms with Gasteiger partial charge in [0.05, 0.1) is 5.69 Å². The number of benzene rings is 1. The highest BCUT2D eigenvalue weighted by molar-refractivity contribution is 5.94. The number of rotatable bonds is 2. The SMILES string of the molecule is Cl.NC1CCN(C(=O)c2ccc(-n3cccn3)cc2)CC1. The van der Waals surface area contributed by atoms with Gasteiger partial charge in [0.1, 0.15) is 0 Å². The van der Waals surface area contributed by atoms with Crippen LogP contribution in [0.25, 0.3) is 5.69 Å². The van der Waals surface area contributed by atoms with Gasteiger partial charge in [0.25, 0.3) is 5.91 Å². The lowest BCUT2D eigenvalue weighted by Gasteiger charge is -2.30. The summed E-state index contributed by atoms with van der Waals surface area (Å²) in [5.41, 5.74) is 7.53. The fourth-order valence-electron chi connectivity index (χ4n) is 2.46. The quantitative estimate of drug-likeness (QED) is 0.921. The molecule has 1 aromatic heterocycles. The first-order valence-electron chi connectivity index (χ1n) is 6.89. The number of nitrogens with two attached hydrogens (primary N) is 1. The number of nitrogens with zero attached hydrogens (tertiary/aromatic N) is 3. The van der Waals surface area contributed by atoms with Crippen molar-refractivity contribution in [2.75, 3.05) is 13.1 Å². The lowest BCUT2D eigenvalue weighted by Crippen LogP contribution is -2.42. The molecule has 1 aromatic carbocycles. The summed E-state index contributed by atoms with van der Waals surface area (Å²) in [5, 5.41) is 4.17. The fraction of sp³-hybridized carbons (Fsp3) is 0.333. The Morgan fingerprint density at radius 2 is 1.86 bits per heavy atom. The molecular weight excluding hydrogens is 288 g/mol. The van der Waals surface area contributed by atoms with Crippen molar-refractivity contribution in [1.82, 2.24) is 14.7 Å². The molecule has 1 aliphatic heterocycles. The zero-order valence-corrected chi connectivity index (χ0v) is 12.5. The minimum absolute atomic E-state index is 0. The number of hydrogen-bond donors (Lipinski definition) is 1. The van der Waals surface area contributed by atoms with E-state index in [1.165, 1.54) is 0 Å². The molecule has 0 radical (unpaired) electrons. The fourth-order valence-corrected chi connectivity index (χ4v) is 2.46. The Bertz CT molecular complexity index is 574. The predicted octanol–water partition coefficient (Wildman–Crippen LogP) is 1.86. The van der Waals surface area contributed by atoms with E-state index >= 15 is 0 Å². The van der Waals surface area contributed by atoms with Gasteiger partial charge in [-0.05, 0) is 43.2 Å². The average molecular weight is 307 g/mol. The van der Waals surface area contributed by atoms with Gasteiger partial charge in [-0.15, -0.1) is 12.4 Å². The maximum absolute atomic E-state index is 12.4. The number of amides is 1. The standard InChI is InChI=1S/C15H18N4O.ClH/c16-13-6-10-18(11-7-13)15(20)12-2-4-14(5-3-12)19-9-1-8-17-19;/h1-5,8-9,13H,6-7,10-11,16H2;1H. The minimum atomic E-state index is 0. The van der Waals surface area contributed by atoms with E-state index in [1.807, 2.05) is 41.4 Å². The summed E-state index contributed by atoms with van der Waals surface area (Å²) >= 11 is 0. The van der Waals surface area contributed by atoms with Gasteiger partial charge in [0, 0.05) is 37.1 Å². The number of hydrogen-bond acceptors (Lipinski definition) is 3. The summed E-state index contributed by atoms with van der Waals surface area (Å²) in [6.07, 6.45) is 5.38. The van der Waals surface area contributed by atoms with Crippen LogP contribution in [0.15, 0.2) is 42.7 Å². The number of aromatic nitrogens is 2. The summed E-state index contributed by atoms with van der Waals surface area (Å²) in [7, 11) is 0. The predicted molar refractivity (Wildman–Crippen MR) is 83.9 cm³/mol. The average Bonchev–Trinajstić information content (AvgIpc) is 3.02. The molecule has 0 bridgehead atoms. The molecule has 21 heavy (non-hydrogen) atoms. The summed E-state index contributed by atoms with van der Waals surface area (Å²) in [4.78, 5) is 14.2. The normalized spacial score (nSPS) is 15.6. The monoisotopic (exact) mass is 306 g/mol. The lowest BCUT2D eigenvalue weighted by molar-refractivity contribution is 0.0715. The third kappa shape index (κ3) is 3.43. The molecule has 0 aliphatic carbocycles. The van der Waals surface area contributed by atoms with E-state index in [4.69, 9.17) is 5.73 Å². The molecule has 1 amide bonds. The molecule has 0 unspecified atom stereocenters. The van der Waals surface area contributed by atoms with E-state index in [0.29, 0.717) is 0 Å². The van der Waals surface area contributed by atoms with Gasteiger partial charge in [-0.3, -0.25) is 4.79 Å². The van der Waals surface area contributed by atoms with E-state index in [2.05, 4.69) is 5.10 Å². The number of piperidine rings is 1. The third-order valence-corrected chi connectivity index (χ3v) is 3.71. The van der Waals surface area contributed by atoms with Crippen molar-refractivity contribution >= 4 is 18.3 Å². The van der Waals surface area contributed by atoms with Gasteiger partial charge in [0.2, 0.25) is 0 Å². The topological polar surface area (TPSA) is 64.2 Å². The Morgan fingerprint density at radius 1 is 1.19 bits per heavy atom. The van der Waals surface area contributed by atoms with Crippen LogP contribution < -0.4 is 5.73 Å². The first-order valence-corrected chi connectivity index (χ1v) is 6.89. The van der Waals surface area contributed by atoms with Crippen molar-refractivity contribution in [2.24, 2.45) is 5.73 Å². The molecule has 6 heteroatoms. The van der Waals surface area contributed by atoms with Crippen molar-refractivity contribution in [2.45, 2.75) is 18.9 Å². The first kappa shape index (κ1) is 15.5. The Balaban J connectivity index is 0.00000161. The Morgan fingerprint density at radius 3 is 2.43 bits per heavy atom. The van der Waals surface area contributed by atoms with Crippen LogP contribution in [0.2, 0.25) is 0 Å². The highest BCUT2D eigenvalue weighted by Crippen LogP contribution is 2.14. The van der Waals surface area contributed by atoms with Crippen LogP contribution in [0.4, 0.5) is 0 Å². The second-order valence-electron chi connectivity index (χ2n) is 5.13. The number of carbonyl (C=O) groups is 1. The number of carbonyl (C=O) groups excluding carboxylic acids is 1. The molecule has 2 N–H and O–H groups in total. The molecule has 3 rings (SSSR count). The molecule has 112 valence electrons. The van der Waals surface area contributed by atoms with Crippen molar-refractivity contribution in [3.05, 3.63) is 48.3 Å². The van der Waals surface area contributed by atoms with E-state index in [0.717, 1.165) is 37.2 Å². The summed E-state index contributed by atoms with van der Waals surface area (Å²) in [6, 6.07) is 9.64. The van der Waals surface area contributed by atoms with Crippen LogP contribution in [0, 0.1) is 0 Å². The van der Waals surface area contributed by atoms with E-state index in [1.54, 1.807) is 10.9 Å². The van der Waals surface area contributed by atoms with Crippen LogP contribution in [0.1, 0.15) is 23.2 Å². The molecule has 0 saturated carbocycles. The van der Waals surface area contributed by atoms with Crippen LogP contribution in [-0.2, 0) is 0 Å². The highest BCUT2D eigenvalue weighted by Gasteiger charge is 2.21. The number of halogens is 1. The molecular formula is C15H19ClN4O. The van der Waals surface area contributed by atoms with Gasteiger partial charge in [-0.1, -0.05) is 0 Å². The number of likely N-dealkylation sites (tertiary alicyclic amines) is 1. The van der Waals surface area contributed by atoms with Gasteiger partial charge in [0.15, 0.2) is 0 Å². The molecule has 1 aliphatic rings. The van der Waals surface area contributed by atoms with E-state index < -0.39 is 0 Å². The summed E-state index contributed by atoms with van der Waals surface area (Å²) in [5.74, 6) is 0.0870. The van der Waals surface area contributed by atoms with Gasteiger partial charge in [-0.2, -0.15) is 5.10 Å². The minimum Gasteiger partial charge on any atom is -0.339 e. The van der Waals surface area contributed by atoms with Gasteiger partial charge < -0.3 is 10.6 Å². The summed E-state index contributed by atoms with van der Waals surface area (Å²) in [6.45, 7) is 1.50. The zero-order valence-electron chi connectivity index (χ0n) is 11.7. The molecule has 1 saturated heterocycles. The third-order valence-electron chi connectivity index (χ3n) is 3.71. The van der Waals surface area contributed by atoms with Crippen molar-refractivity contribution in [3.8, 4) is 5.69 Å². The Labute approximate surface area is 130 Å². The smallest absolute Gasteiger partial charge is 0.253 e. The van der Waals surface area contributed by atoms with Crippen molar-refractivity contribution in [3.63, 3.8) is 0 Å². The summed E-state index contributed by atoms with van der Waals surface area (Å²) < 4.78 is 1.77. The zero-order chi connectivity index (χ0) is 13.9. The second kappa shape index (κ2) is 6.74. The first-order chi connectivity index (χ1) is 9.74. The Kier molecular flexibility index (Phi) is 4.98. The van der Waals surface area contributed by atoms with Crippen LogP contribution in [-0.4, -0.2) is 39.7 Å². The maximum Gasteiger partial charge on any atom is 0.253 e. The van der Waals surface area contributed by atoms with Crippen LogP contribution >= 0.6 is 12.4 Å². The second-order valence-corrected chi connectivity index (χ2v) is 5.13. The molecule has 0 spiro atoms.